The molecule has 4 rings (SSSR count). The maximum atomic E-state index is 12.8. The van der Waals surface area contributed by atoms with Crippen LogP contribution in [-0.4, -0.2) is 44.7 Å². The quantitative estimate of drug-likeness (QED) is 0.584. The summed E-state index contributed by atoms with van der Waals surface area (Å²) in [6.45, 7) is 3.60. The summed E-state index contributed by atoms with van der Waals surface area (Å²) in [7, 11) is 0. The second-order valence-corrected chi connectivity index (χ2v) is 7.86. The van der Waals surface area contributed by atoms with Crippen molar-refractivity contribution in [2.24, 2.45) is 0 Å². The minimum atomic E-state index is -0.440. The smallest absolute Gasteiger partial charge is 0.359 e. The minimum absolute atomic E-state index is 0.0646. The Morgan fingerprint density at radius 1 is 1.24 bits per heavy atom. The van der Waals surface area contributed by atoms with Crippen molar-refractivity contribution in [3.05, 3.63) is 69.4 Å². The van der Waals surface area contributed by atoms with E-state index in [0.717, 1.165) is 21.7 Å². The van der Waals surface area contributed by atoms with Gasteiger partial charge in [-0.2, -0.15) is 5.10 Å². The number of thiophene rings is 1. The highest BCUT2D eigenvalue weighted by atomic mass is 32.1. The predicted octanol–water partition coefficient (Wildman–Crippen LogP) is 2.69. The van der Waals surface area contributed by atoms with Crippen LogP contribution in [0.3, 0.4) is 0 Å². The third kappa shape index (κ3) is 4.22. The van der Waals surface area contributed by atoms with E-state index in [9.17, 15) is 9.59 Å². The van der Waals surface area contributed by atoms with Crippen molar-refractivity contribution in [2.75, 3.05) is 13.2 Å². The molecule has 1 amide bonds. The number of aromatic nitrogens is 3. The Bertz CT molecular complexity index is 999. The first-order valence-electron chi connectivity index (χ1n) is 9.60. The molecule has 0 aliphatic carbocycles. The number of fused-ring (bicyclic) bond motifs is 1. The number of pyridine rings is 1. The van der Waals surface area contributed by atoms with E-state index in [4.69, 9.17) is 4.74 Å². The molecular formula is C21H22N4O3S. The Kier molecular flexibility index (Phi) is 5.71. The maximum absolute atomic E-state index is 12.8. The first-order chi connectivity index (χ1) is 14.2. The normalized spacial score (nSPS) is 13.2. The average molecular weight is 410 g/mol. The molecule has 8 heteroatoms. The van der Waals surface area contributed by atoms with Crippen molar-refractivity contribution in [3.8, 4) is 0 Å². The molecule has 0 radical (unpaired) electrons. The van der Waals surface area contributed by atoms with E-state index in [1.807, 2.05) is 39.2 Å². The minimum Gasteiger partial charge on any atom is -0.461 e. The Balaban J connectivity index is 1.60. The van der Waals surface area contributed by atoms with Crippen LogP contribution in [-0.2, 0) is 35.5 Å². The highest BCUT2D eigenvalue weighted by molar-refractivity contribution is 7.10. The van der Waals surface area contributed by atoms with Gasteiger partial charge in [0, 0.05) is 48.0 Å². The lowest BCUT2D eigenvalue weighted by atomic mass is 10.0. The first-order valence-corrected chi connectivity index (χ1v) is 10.5. The molecule has 0 saturated heterocycles. The summed E-state index contributed by atoms with van der Waals surface area (Å²) in [6, 6.07) is 7.77. The fourth-order valence-corrected chi connectivity index (χ4v) is 4.23. The molecule has 1 aliphatic heterocycles. The topological polar surface area (TPSA) is 77.3 Å². The first kappa shape index (κ1) is 19.3. The molecular weight excluding hydrogens is 388 g/mol. The number of rotatable bonds is 6. The second-order valence-electron chi connectivity index (χ2n) is 6.83. The maximum Gasteiger partial charge on any atom is 0.359 e. The summed E-state index contributed by atoms with van der Waals surface area (Å²) in [5, 5.41) is 6.53. The molecule has 3 aromatic rings. The number of hydrogen-bond donors (Lipinski definition) is 0. The zero-order chi connectivity index (χ0) is 20.2. The van der Waals surface area contributed by atoms with Crippen molar-refractivity contribution in [3.63, 3.8) is 0 Å². The number of amides is 1. The van der Waals surface area contributed by atoms with Crippen LogP contribution in [0.4, 0.5) is 0 Å². The second kappa shape index (κ2) is 8.57. The molecule has 0 spiro atoms. The van der Waals surface area contributed by atoms with Gasteiger partial charge < -0.3 is 9.64 Å². The number of hydrogen-bond acceptors (Lipinski definition) is 6. The zero-order valence-electron chi connectivity index (χ0n) is 16.2. The third-order valence-electron chi connectivity index (χ3n) is 4.94. The molecule has 0 N–H and O–H groups in total. The van der Waals surface area contributed by atoms with Gasteiger partial charge in [0.05, 0.1) is 19.6 Å². The lowest BCUT2D eigenvalue weighted by Gasteiger charge is -2.28. The van der Waals surface area contributed by atoms with Crippen LogP contribution < -0.4 is 0 Å². The van der Waals surface area contributed by atoms with Crippen LogP contribution in [0.5, 0.6) is 0 Å². The van der Waals surface area contributed by atoms with Crippen molar-refractivity contribution < 1.29 is 14.3 Å². The molecule has 0 saturated carbocycles. The lowest BCUT2D eigenvalue weighted by molar-refractivity contribution is -0.131. The molecule has 4 heterocycles. The van der Waals surface area contributed by atoms with E-state index in [-0.39, 0.29) is 12.5 Å². The number of carbonyl (C=O) groups excluding carboxylic acids is 2. The predicted molar refractivity (Wildman–Crippen MR) is 109 cm³/mol. The standard InChI is InChI=1S/C21H22N4O3S/c1-2-28-21(27)20-17-14-24(19(26)12-16-4-3-11-29-16)10-7-18(17)25(23-20)13-15-5-8-22-9-6-15/h3-6,8-9,11H,2,7,10,12-14H2,1H3. The molecule has 0 bridgehead atoms. The molecule has 7 nitrogen and oxygen atoms in total. The summed E-state index contributed by atoms with van der Waals surface area (Å²) in [4.78, 5) is 32.2. The fraction of sp³-hybridized carbons (Fsp3) is 0.333. The van der Waals surface area contributed by atoms with E-state index in [1.54, 1.807) is 30.7 Å². The summed E-state index contributed by atoms with van der Waals surface area (Å²) in [6.07, 6.45) is 4.51. The average Bonchev–Trinajstić information content (AvgIpc) is 3.37. The van der Waals surface area contributed by atoms with Gasteiger partial charge in [0.2, 0.25) is 5.91 Å². The number of nitrogens with zero attached hydrogens (tertiary/aromatic N) is 4. The largest absolute Gasteiger partial charge is 0.461 e. The molecule has 150 valence electrons. The van der Waals surface area contributed by atoms with Crippen molar-refractivity contribution >= 4 is 23.2 Å². The van der Waals surface area contributed by atoms with Crippen molar-refractivity contribution in [2.45, 2.75) is 32.9 Å². The number of carbonyl (C=O) groups is 2. The van der Waals surface area contributed by atoms with Gasteiger partial charge in [0.15, 0.2) is 5.69 Å². The van der Waals surface area contributed by atoms with Gasteiger partial charge in [0.25, 0.3) is 0 Å². The summed E-state index contributed by atoms with van der Waals surface area (Å²) in [5.74, 6) is -0.375. The van der Waals surface area contributed by atoms with Crippen molar-refractivity contribution in [1.29, 1.82) is 0 Å². The molecule has 3 aromatic heterocycles. The Labute approximate surface area is 172 Å². The van der Waals surface area contributed by atoms with Gasteiger partial charge in [-0.15, -0.1) is 11.3 Å². The van der Waals surface area contributed by atoms with Crippen LogP contribution >= 0.6 is 11.3 Å². The molecule has 29 heavy (non-hydrogen) atoms. The summed E-state index contributed by atoms with van der Waals surface area (Å²) >= 11 is 1.58. The van der Waals surface area contributed by atoms with E-state index in [2.05, 4.69) is 10.1 Å². The van der Waals surface area contributed by atoms with Crippen LogP contribution in [0.15, 0.2) is 42.0 Å². The van der Waals surface area contributed by atoms with Gasteiger partial charge in [-0.05, 0) is 36.1 Å². The fourth-order valence-electron chi connectivity index (χ4n) is 3.53. The third-order valence-corrected chi connectivity index (χ3v) is 5.82. The highest BCUT2D eigenvalue weighted by Crippen LogP contribution is 2.25. The Morgan fingerprint density at radius 2 is 2.07 bits per heavy atom. The summed E-state index contributed by atoms with van der Waals surface area (Å²) < 4.78 is 7.07. The van der Waals surface area contributed by atoms with Gasteiger partial charge >= 0.3 is 5.97 Å². The molecule has 0 fully saturated rings. The molecule has 0 unspecified atom stereocenters. The van der Waals surface area contributed by atoms with Gasteiger partial charge in [-0.25, -0.2) is 4.79 Å². The van der Waals surface area contributed by atoms with Crippen LogP contribution in [0.2, 0.25) is 0 Å². The van der Waals surface area contributed by atoms with Crippen LogP contribution in [0.1, 0.15) is 39.1 Å². The van der Waals surface area contributed by atoms with Crippen LogP contribution in [0, 0.1) is 0 Å². The van der Waals surface area contributed by atoms with E-state index < -0.39 is 5.97 Å². The SMILES string of the molecule is CCOC(=O)c1nn(Cc2ccncc2)c2c1CN(C(=O)Cc1cccs1)CC2. The van der Waals surface area contributed by atoms with Gasteiger partial charge in [0.1, 0.15) is 0 Å². The molecule has 1 aliphatic rings. The zero-order valence-corrected chi connectivity index (χ0v) is 17.0. The lowest BCUT2D eigenvalue weighted by Crippen LogP contribution is -2.37. The molecule has 0 aromatic carbocycles. The van der Waals surface area contributed by atoms with Gasteiger partial charge in [-0.3, -0.25) is 14.5 Å². The Hall–Kier alpha value is -3.00. The Morgan fingerprint density at radius 3 is 2.79 bits per heavy atom. The molecule has 0 atom stereocenters. The highest BCUT2D eigenvalue weighted by Gasteiger charge is 2.30. The van der Waals surface area contributed by atoms with E-state index in [0.29, 0.717) is 38.2 Å². The monoisotopic (exact) mass is 410 g/mol. The number of ether oxygens (including phenoxy) is 1. The van der Waals surface area contributed by atoms with Crippen molar-refractivity contribution in [1.82, 2.24) is 19.7 Å². The van der Waals surface area contributed by atoms with E-state index in [1.165, 1.54) is 0 Å². The van der Waals surface area contributed by atoms with Gasteiger partial charge in [-0.1, -0.05) is 6.07 Å². The summed E-state index contributed by atoms with van der Waals surface area (Å²) in [5.41, 5.74) is 3.15. The van der Waals surface area contributed by atoms with Crippen LogP contribution in [0.25, 0.3) is 0 Å². The van der Waals surface area contributed by atoms with E-state index >= 15 is 0 Å². The number of esters is 1.